The van der Waals surface area contributed by atoms with Crippen LogP contribution in [0.5, 0.6) is 0 Å². The molecule has 2 aliphatic carbocycles. The molecule has 3 aromatic rings. The van der Waals surface area contributed by atoms with E-state index in [9.17, 15) is 0 Å². The molecule has 1 aliphatic heterocycles. The molecule has 0 saturated carbocycles. The average molecular weight is 524 g/mol. The molecule has 0 bridgehead atoms. The van der Waals surface area contributed by atoms with Gasteiger partial charge in [-0.15, -0.1) is 41.5 Å². The molecule has 0 saturated heterocycles. The van der Waals surface area contributed by atoms with E-state index in [4.69, 9.17) is 4.74 Å². The fourth-order valence-electron chi connectivity index (χ4n) is 3.76. The SMILES string of the molecule is BrC1=CC2=Cc3[c-]cccc3C2O1.[SH-].[Zr+3].[c-]1cccc2c1Cc1ccccc1-2. The zero-order valence-electron chi connectivity index (χ0n) is 14.9. The van der Waals surface area contributed by atoms with E-state index < -0.39 is 0 Å². The summed E-state index contributed by atoms with van der Waals surface area (Å²) in [5.41, 5.74) is 9.09. The van der Waals surface area contributed by atoms with Crippen LogP contribution >= 0.6 is 15.9 Å². The third kappa shape index (κ3) is 3.88. The van der Waals surface area contributed by atoms with Crippen molar-refractivity contribution in [3.05, 3.63) is 111 Å². The van der Waals surface area contributed by atoms with Crippen LogP contribution in [0.3, 0.4) is 0 Å². The summed E-state index contributed by atoms with van der Waals surface area (Å²) < 4.78 is 6.42. The van der Waals surface area contributed by atoms with Crippen molar-refractivity contribution in [3.63, 3.8) is 0 Å². The van der Waals surface area contributed by atoms with Gasteiger partial charge in [-0.2, -0.15) is 29.8 Å². The summed E-state index contributed by atoms with van der Waals surface area (Å²) in [4.78, 5) is 0. The van der Waals surface area contributed by atoms with Crippen LogP contribution in [0.1, 0.15) is 28.4 Å². The fraction of sp³-hybridized carbons (Fsp3) is 0.0833. The largest absolute Gasteiger partial charge is 3.00 e. The number of rotatable bonds is 0. The van der Waals surface area contributed by atoms with E-state index in [-0.39, 0.29) is 45.8 Å². The first kappa shape index (κ1) is 21.4. The summed E-state index contributed by atoms with van der Waals surface area (Å²) >= 11 is 3.33. The van der Waals surface area contributed by atoms with Crippen molar-refractivity contribution in [2.45, 2.75) is 12.5 Å². The van der Waals surface area contributed by atoms with Crippen molar-refractivity contribution in [3.8, 4) is 11.1 Å². The van der Waals surface area contributed by atoms with Gasteiger partial charge in [0, 0.05) is 0 Å². The summed E-state index contributed by atoms with van der Waals surface area (Å²) in [5.74, 6) is 0. The molecule has 0 amide bonds. The average Bonchev–Trinajstić information content (AvgIpc) is 3.32. The van der Waals surface area contributed by atoms with Gasteiger partial charge in [-0.3, -0.25) is 0 Å². The summed E-state index contributed by atoms with van der Waals surface area (Å²) in [6, 6.07) is 27.3. The predicted octanol–water partition coefficient (Wildman–Crippen LogP) is 5.98. The molecular weight excluding hydrogens is 507 g/mol. The number of halogens is 1. The van der Waals surface area contributed by atoms with E-state index in [0.29, 0.717) is 0 Å². The number of benzene rings is 3. The molecule has 0 spiro atoms. The smallest absolute Gasteiger partial charge is 0.813 e. The minimum atomic E-state index is 0. The van der Waals surface area contributed by atoms with E-state index in [0.717, 1.165) is 16.7 Å². The van der Waals surface area contributed by atoms with Gasteiger partial charge in [-0.25, -0.2) is 0 Å². The Morgan fingerprint density at radius 1 is 0.893 bits per heavy atom. The third-order valence-electron chi connectivity index (χ3n) is 4.95. The molecule has 4 heteroatoms. The molecule has 1 nitrogen and oxygen atoms in total. The fourth-order valence-corrected chi connectivity index (χ4v) is 4.21. The Hall–Kier alpha value is -1.35. The van der Waals surface area contributed by atoms with Crippen molar-refractivity contribution in [1.82, 2.24) is 0 Å². The Morgan fingerprint density at radius 3 is 2.54 bits per heavy atom. The Kier molecular flexibility index (Phi) is 6.86. The topological polar surface area (TPSA) is 9.23 Å². The molecule has 1 heterocycles. The molecule has 28 heavy (non-hydrogen) atoms. The van der Waals surface area contributed by atoms with Gasteiger partial charge in [0.1, 0.15) is 6.10 Å². The van der Waals surface area contributed by atoms with Gasteiger partial charge in [-0.05, 0) is 34.0 Å². The molecule has 3 aromatic carbocycles. The van der Waals surface area contributed by atoms with Crippen LogP contribution in [0.15, 0.2) is 77.0 Å². The van der Waals surface area contributed by atoms with E-state index in [2.05, 4.69) is 76.6 Å². The Bertz CT molecular complexity index is 1030. The number of thiol groups is 1. The van der Waals surface area contributed by atoms with E-state index in [1.807, 2.05) is 24.3 Å². The van der Waals surface area contributed by atoms with Gasteiger partial charge < -0.3 is 18.2 Å². The van der Waals surface area contributed by atoms with Crippen molar-refractivity contribution in [1.29, 1.82) is 0 Å². The Balaban J connectivity index is 0.000000150. The second kappa shape index (κ2) is 8.99. The normalized spacial score (nSPS) is 16.4. The molecule has 1 atom stereocenters. The molecular formula is C24H16BrOSZr. The van der Waals surface area contributed by atoms with Crippen molar-refractivity contribution in [2.24, 2.45) is 0 Å². The Labute approximate surface area is 200 Å². The standard InChI is InChI=1S/C13H9.C11H6BrO.H2S.Zr/c1-3-7-12-10(5-1)9-11-6-2-4-8-13(11)12;12-10-6-8-5-7-3-1-2-4-9(7)11(8)13-10;;/h1-5,7-8H,9H2;1-2,4-6,11H;1H2;/q2*-1;;+3/p-1. The first-order valence-electron chi connectivity index (χ1n) is 8.63. The minimum Gasteiger partial charge on any atom is -0.813 e. The van der Waals surface area contributed by atoms with Crippen LogP contribution in [-0.4, -0.2) is 0 Å². The number of ether oxygens (including phenoxy) is 1. The Morgan fingerprint density at radius 2 is 1.64 bits per heavy atom. The molecule has 0 fully saturated rings. The maximum absolute atomic E-state index is 5.60. The van der Waals surface area contributed by atoms with Crippen molar-refractivity contribution in [2.75, 3.05) is 0 Å². The van der Waals surface area contributed by atoms with Crippen LogP contribution in [0.2, 0.25) is 0 Å². The van der Waals surface area contributed by atoms with Gasteiger partial charge in [0.2, 0.25) is 0 Å². The zero-order chi connectivity index (χ0) is 17.5. The molecule has 0 aromatic heterocycles. The van der Waals surface area contributed by atoms with E-state index >= 15 is 0 Å². The summed E-state index contributed by atoms with van der Waals surface area (Å²) in [6.45, 7) is 0. The number of hydrogen-bond donors (Lipinski definition) is 0. The summed E-state index contributed by atoms with van der Waals surface area (Å²) in [7, 11) is 0. The second-order valence-corrected chi connectivity index (χ2v) is 7.31. The van der Waals surface area contributed by atoms with Gasteiger partial charge in [0.15, 0.2) is 4.67 Å². The van der Waals surface area contributed by atoms with Crippen LogP contribution in [-0.2, 0) is 50.9 Å². The second-order valence-electron chi connectivity index (χ2n) is 6.53. The molecule has 1 unspecified atom stereocenters. The van der Waals surface area contributed by atoms with Gasteiger partial charge >= 0.3 is 26.2 Å². The molecule has 0 N–H and O–H groups in total. The quantitative estimate of drug-likeness (QED) is 0.159. The molecule has 6 rings (SSSR count). The van der Waals surface area contributed by atoms with Crippen LogP contribution in [0.4, 0.5) is 0 Å². The first-order chi connectivity index (χ1) is 12.8. The van der Waals surface area contributed by atoms with Crippen LogP contribution < -0.4 is 0 Å². The summed E-state index contributed by atoms with van der Waals surface area (Å²) in [5, 5.41) is 0. The summed E-state index contributed by atoms with van der Waals surface area (Å²) in [6.07, 6.45) is 5.28. The van der Waals surface area contributed by atoms with E-state index in [1.54, 1.807) is 0 Å². The van der Waals surface area contributed by atoms with Crippen LogP contribution in [0, 0.1) is 12.1 Å². The minimum absolute atomic E-state index is 0. The predicted molar refractivity (Wildman–Crippen MR) is 116 cm³/mol. The van der Waals surface area contributed by atoms with Gasteiger partial charge in [0.25, 0.3) is 0 Å². The van der Waals surface area contributed by atoms with Crippen molar-refractivity contribution < 1.29 is 30.9 Å². The zero-order valence-corrected chi connectivity index (χ0v) is 19.9. The number of hydrogen-bond acceptors (Lipinski definition) is 2. The molecule has 135 valence electrons. The van der Waals surface area contributed by atoms with Crippen molar-refractivity contribution >= 4 is 35.5 Å². The van der Waals surface area contributed by atoms with Gasteiger partial charge in [0.05, 0.1) is 0 Å². The molecule has 1 radical (unpaired) electrons. The molecule has 3 aliphatic rings. The van der Waals surface area contributed by atoms with Gasteiger partial charge in [-0.1, -0.05) is 41.0 Å². The number of fused-ring (bicyclic) bond motifs is 6. The first-order valence-corrected chi connectivity index (χ1v) is 9.43. The van der Waals surface area contributed by atoms with Crippen LogP contribution in [0.25, 0.3) is 17.2 Å². The maximum Gasteiger partial charge on any atom is 3.00 e. The van der Waals surface area contributed by atoms with E-state index in [1.165, 1.54) is 33.4 Å². The maximum atomic E-state index is 5.60. The monoisotopic (exact) mass is 521 g/mol. The third-order valence-corrected chi connectivity index (χ3v) is 5.36.